The van der Waals surface area contributed by atoms with Crippen molar-refractivity contribution in [1.82, 2.24) is 0 Å². The Hall–Kier alpha value is -1.36. The molecule has 0 saturated carbocycles. The number of halogens is 1. The van der Waals surface area contributed by atoms with Crippen molar-refractivity contribution in [2.75, 3.05) is 12.0 Å². The molecule has 0 unspecified atom stereocenters. The van der Waals surface area contributed by atoms with Crippen LogP contribution in [0.15, 0.2) is 22.7 Å². The van der Waals surface area contributed by atoms with Crippen LogP contribution in [-0.4, -0.2) is 18.9 Å². The molecule has 5 heteroatoms. The number of methoxy groups -OCH3 is 1. The molecule has 4 nitrogen and oxygen atoms in total. The van der Waals surface area contributed by atoms with Gasteiger partial charge >= 0.3 is 0 Å². The lowest BCUT2D eigenvalue weighted by atomic mass is 9.92. The van der Waals surface area contributed by atoms with Gasteiger partial charge in [0.25, 0.3) is 0 Å². The van der Waals surface area contributed by atoms with Crippen LogP contribution < -0.4 is 9.64 Å². The van der Waals surface area contributed by atoms with Crippen molar-refractivity contribution >= 4 is 33.4 Å². The molecule has 0 atom stereocenters. The highest BCUT2D eigenvalue weighted by molar-refractivity contribution is 9.10. The molecule has 0 aromatic heterocycles. The van der Waals surface area contributed by atoms with E-state index in [-0.39, 0.29) is 18.2 Å². The molecular weight excluding hydrogens is 298 g/mol. The first-order valence-electron chi connectivity index (χ1n) is 5.58. The van der Waals surface area contributed by atoms with E-state index in [4.69, 9.17) is 4.74 Å². The van der Waals surface area contributed by atoms with E-state index in [1.165, 1.54) is 12.0 Å². The molecule has 1 aliphatic heterocycles. The average molecular weight is 312 g/mol. The zero-order chi connectivity index (χ0) is 13.5. The summed E-state index contributed by atoms with van der Waals surface area (Å²) in [5.74, 6) is 0.128. The second kappa shape index (κ2) is 4.39. The number of nitrogens with zero attached hydrogens (tertiary/aromatic N) is 1. The Morgan fingerprint density at radius 1 is 1.33 bits per heavy atom. The number of hydrogen-bond donors (Lipinski definition) is 0. The Morgan fingerprint density at radius 2 is 2.00 bits per heavy atom. The van der Waals surface area contributed by atoms with Crippen molar-refractivity contribution in [1.29, 1.82) is 0 Å². The van der Waals surface area contributed by atoms with Gasteiger partial charge in [-0.1, -0.05) is 29.8 Å². The third kappa shape index (κ3) is 2.03. The van der Waals surface area contributed by atoms with Crippen molar-refractivity contribution < 1.29 is 14.3 Å². The van der Waals surface area contributed by atoms with Crippen LogP contribution in [0.2, 0.25) is 0 Å². The molecule has 96 valence electrons. The van der Waals surface area contributed by atoms with Gasteiger partial charge in [-0.2, -0.15) is 0 Å². The molecular formula is C13H14BrNO3. The van der Waals surface area contributed by atoms with Gasteiger partial charge in [-0.05, 0) is 18.2 Å². The van der Waals surface area contributed by atoms with E-state index < -0.39 is 5.41 Å². The average Bonchev–Trinajstić information content (AvgIpc) is 2.48. The summed E-state index contributed by atoms with van der Waals surface area (Å²) in [5.41, 5.74) is -0.155. The summed E-state index contributed by atoms with van der Waals surface area (Å²) in [6.45, 7) is 3.55. The Kier molecular flexibility index (Phi) is 3.19. The van der Waals surface area contributed by atoms with Gasteiger partial charge in [0, 0.05) is 10.9 Å². The minimum atomic E-state index is -0.648. The summed E-state index contributed by atoms with van der Waals surface area (Å²) < 4.78 is 6.01. The Morgan fingerprint density at radius 3 is 2.50 bits per heavy atom. The Labute approximate surface area is 114 Å². The highest BCUT2D eigenvalue weighted by Crippen LogP contribution is 2.40. The van der Waals surface area contributed by atoms with E-state index in [1.807, 2.05) is 0 Å². The number of ether oxygens (including phenoxy) is 1. The minimum Gasteiger partial charge on any atom is -0.495 e. The molecule has 0 spiro atoms. The molecule has 2 amide bonds. The lowest BCUT2D eigenvalue weighted by Gasteiger charge is -2.20. The van der Waals surface area contributed by atoms with Gasteiger partial charge in [0.15, 0.2) is 0 Å². The second-order valence-electron chi connectivity index (χ2n) is 4.91. The first-order valence-corrected chi connectivity index (χ1v) is 6.37. The fourth-order valence-corrected chi connectivity index (χ4v) is 2.38. The van der Waals surface area contributed by atoms with Crippen LogP contribution in [0.3, 0.4) is 0 Å². The monoisotopic (exact) mass is 311 g/mol. The minimum absolute atomic E-state index is 0.191. The summed E-state index contributed by atoms with van der Waals surface area (Å²) >= 11 is 3.34. The first kappa shape index (κ1) is 13.1. The molecule has 1 aromatic carbocycles. The van der Waals surface area contributed by atoms with Crippen molar-refractivity contribution in [3.8, 4) is 5.75 Å². The number of hydrogen-bond acceptors (Lipinski definition) is 3. The third-order valence-corrected chi connectivity index (χ3v) is 3.50. The van der Waals surface area contributed by atoms with Crippen LogP contribution in [0.1, 0.15) is 20.3 Å². The maximum absolute atomic E-state index is 12.3. The maximum Gasteiger partial charge on any atom is 0.240 e. The van der Waals surface area contributed by atoms with Gasteiger partial charge in [0.05, 0.1) is 18.2 Å². The molecule has 18 heavy (non-hydrogen) atoms. The van der Waals surface area contributed by atoms with Crippen LogP contribution in [0.5, 0.6) is 5.75 Å². The number of rotatable bonds is 2. The summed E-state index contributed by atoms with van der Waals surface area (Å²) in [5, 5.41) is 0. The first-order chi connectivity index (χ1) is 8.36. The number of benzene rings is 1. The number of imide groups is 1. The molecule has 1 aliphatic rings. The SMILES string of the molecule is COc1ccc(Br)cc1N1C(=O)CC(C)(C)C1=O. The van der Waals surface area contributed by atoms with E-state index in [1.54, 1.807) is 32.0 Å². The molecule has 0 radical (unpaired) electrons. The van der Waals surface area contributed by atoms with Crippen molar-refractivity contribution in [3.63, 3.8) is 0 Å². The fraction of sp³-hybridized carbons (Fsp3) is 0.385. The zero-order valence-electron chi connectivity index (χ0n) is 10.5. The van der Waals surface area contributed by atoms with E-state index >= 15 is 0 Å². The number of carbonyl (C=O) groups is 2. The third-order valence-electron chi connectivity index (χ3n) is 3.01. The summed E-state index contributed by atoms with van der Waals surface area (Å²) in [6, 6.07) is 5.25. The van der Waals surface area contributed by atoms with Crippen molar-refractivity contribution in [2.45, 2.75) is 20.3 Å². The summed E-state index contributed by atoms with van der Waals surface area (Å²) in [7, 11) is 1.52. The molecule has 1 fully saturated rings. The van der Waals surface area contributed by atoms with Crippen LogP contribution in [0, 0.1) is 5.41 Å². The summed E-state index contributed by atoms with van der Waals surface area (Å²) in [4.78, 5) is 25.5. The van der Waals surface area contributed by atoms with Gasteiger partial charge in [0.2, 0.25) is 11.8 Å². The topological polar surface area (TPSA) is 46.6 Å². The fourth-order valence-electron chi connectivity index (χ4n) is 2.03. The Balaban J connectivity index is 2.52. The number of amides is 2. The molecule has 1 aromatic rings. The normalized spacial score (nSPS) is 18.3. The predicted molar refractivity (Wildman–Crippen MR) is 71.6 cm³/mol. The standard InChI is InChI=1S/C13H14BrNO3/c1-13(2)7-11(16)15(12(13)17)9-6-8(14)4-5-10(9)18-3/h4-6H,7H2,1-3H3. The zero-order valence-corrected chi connectivity index (χ0v) is 12.1. The van der Waals surface area contributed by atoms with Crippen molar-refractivity contribution in [3.05, 3.63) is 22.7 Å². The van der Waals surface area contributed by atoms with Gasteiger partial charge in [0.1, 0.15) is 5.75 Å². The lowest BCUT2D eigenvalue weighted by Crippen LogP contribution is -2.33. The van der Waals surface area contributed by atoms with Crippen LogP contribution in [-0.2, 0) is 9.59 Å². The van der Waals surface area contributed by atoms with E-state index in [0.717, 1.165) is 4.47 Å². The largest absolute Gasteiger partial charge is 0.495 e. The lowest BCUT2D eigenvalue weighted by molar-refractivity contribution is -0.124. The van der Waals surface area contributed by atoms with Gasteiger partial charge in [-0.25, -0.2) is 4.90 Å². The van der Waals surface area contributed by atoms with Gasteiger partial charge < -0.3 is 4.74 Å². The number of carbonyl (C=O) groups excluding carboxylic acids is 2. The van der Waals surface area contributed by atoms with Crippen LogP contribution >= 0.6 is 15.9 Å². The summed E-state index contributed by atoms with van der Waals surface area (Å²) in [6.07, 6.45) is 0.224. The highest BCUT2D eigenvalue weighted by Gasteiger charge is 2.46. The number of anilines is 1. The van der Waals surface area contributed by atoms with E-state index in [9.17, 15) is 9.59 Å². The molecule has 0 aliphatic carbocycles. The molecule has 2 rings (SSSR count). The van der Waals surface area contributed by atoms with Gasteiger partial charge in [-0.15, -0.1) is 0 Å². The Bertz CT molecular complexity index is 525. The second-order valence-corrected chi connectivity index (χ2v) is 5.83. The van der Waals surface area contributed by atoms with E-state index in [2.05, 4.69) is 15.9 Å². The quantitative estimate of drug-likeness (QED) is 0.789. The van der Waals surface area contributed by atoms with E-state index in [0.29, 0.717) is 11.4 Å². The molecule has 1 heterocycles. The van der Waals surface area contributed by atoms with Gasteiger partial charge in [-0.3, -0.25) is 9.59 Å². The molecule has 0 N–H and O–H groups in total. The predicted octanol–water partition coefficient (Wildman–Crippen LogP) is 2.75. The highest BCUT2D eigenvalue weighted by atomic mass is 79.9. The molecule has 1 saturated heterocycles. The van der Waals surface area contributed by atoms with Crippen LogP contribution in [0.4, 0.5) is 5.69 Å². The maximum atomic E-state index is 12.3. The molecule has 0 bridgehead atoms. The smallest absolute Gasteiger partial charge is 0.240 e. The van der Waals surface area contributed by atoms with Crippen molar-refractivity contribution in [2.24, 2.45) is 5.41 Å². The van der Waals surface area contributed by atoms with Crippen LogP contribution in [0.25, 0.3) is 0 Å².